The molecule has 2 aliphatic heterocycles. The fraction of sp³-hybridized carbons (Fsp3) is 0.588. The highest BCUT2D eigenvalue weighted by Gasteiger charge is 2.26. The molecule has 6 nitrogen and oxygen atoms in total. The van der Waals surface area contributed by atoms with Gasteiger partial charge in [-0.3, -0.25) is 4.90 Å². The van der Waals surface area contributed by atoms with Gasteiger partial charge in [-0.2, -0.15) is 0 Å². The van der Waals surface area contributed by atoms with Gasteiger partial charge in [-0.15, -0.1) is 0 Å². The summed E-state index contributed by atoms with van der Waals surface area (Å²) >= 11 is 0. The summed E-state index contributed by atoms with van der Waals surface area (Å²) in [5.41, 5.74) is 0.764. The van der Waals surface area contributed by atoms with E-state index >= 15 is 0 Å². The molecule has 6 heteroatoms. The second-order valence-corrected chi connectivity index (χ2v) is 6.06. The number of carbonyl (C=O) groups excluding carboxylic acids is 1. The summed E-state index contributed by atoms with van der Waals surface area (Å²) in [6, 6.07) is 7.93. The number of anilines is 1. The van der Waals surface area contributed by atoms with Crippen LogP contribution in [0.15, 0.2) is 24.3 Å². The zero-order valence-electron chi connectivity index (χ0n) is 13.7. The standard InChI is InChI=1S/C17H25N3O3/c1-22-16-5-2-4-14(12-16)18-17(21)20-8-3-7-19(9-10-20)15-6-11-23-13-15/h2,4-5,12,15H,3,6-11,13H2,1H3,(H,18,21). The van der Waals surface area contributed by atoms with E-state index in [9.17, 15) is 4.79 Å². The lowest BCUT2D eigenvalue weighted by atomic mass is 10.2. The zero-order valence-corrected chi connectivity index (χ0v) is 13.7. The van der Waals surface area contributed by atoms with Gasteiger partial charge >= 0.3 is 6.03 Å². The average Bonchev–Trinajstić information content (AvgIpc) is 2.99. The number of carbonyl (C=O) groups is 1. The Hall–Kier alpha value is -1.79. The summed E-state index contributed by atoms with van der Waals surface area (Å²) in [5, 5.41) is 2.96. The molecule has 1 atom stereocenters. The van der Waals surface area contributed by atoms with E-state index in [-0.39, 0.29) is 6.03 Å². The van der Waals surface area contributed by atoms with Crippen molar-refractivity contribution in [2.75, 3.05) is 51.8 Å². The summed E-state index contributed by atoms with van der Waals surface area (Å²) in [6.45, 7) is 5.19. The van der Waals surface area contributed by atoms with Crippen LogP contribution in [0.1, 0.15) is 12.8 Å². The van der Waals surface area contributed by atoms with Crippen molar-refractivity contribution in [1.29, 1.82) is 0 Å². The van der Waals surface area contributed by atoms with Crippen molar-refractivity contribution < 1.29 is 14.3 Å². The number of benzene rings is 1. The van der Waals surface area contributed by atoms with Crippen LogP contribution in [0, 0.1) is 0 Å². The van der Waals surface area contributed by atoms with E-state index in [1.54, 1.807) is 7.11 Å². The van der Waals surface area contributed by atoms with E-state index in [1.165, 1.54) is 0 Å². The number of hydrogen-bond donors (Lipinski definition) is 1. The Morgan fingerprint density at radius 3 is 3.00 bits per heavy atom. The molecule has 0 saturated carbocycles. The summed E-state index contributed by atoms with van der Waals surface area (Å²) in [6.07, 6.45) is 2.11. The van der Waals surface area contributed by atoms with Gasteiger partial charge in [0, 0.05) is 50.6 Å². The SMILES string of the molecule is COc1cccc(NC(=O)N2CCCN(C3CCOC3)CC2)c1. The molecule has 2 heterocycles. The van der Waals surface area contributed by atoms with Gasteiger partial charge < -0.3 is 19.7 Å². The van der Waals surface area contributed by atoms with Crippen molar-refractivity contribution in [2.24, 2.45) is 0 Å². The normalized spacial score (nSPS) is 22.7. The molecular formula is C17H25N3O3. The van der Waals surface area contributed by atoms with Gasteiger partial charge in [0.15, 0.2) is 0 Å². The van der Waals surface area contributed by atoms with Crippen LogP contribution in [0.5, 0.6) is 5.75 Å². The van der Waals surface area contributed by atoms with E-state index in [1.807, 2.05) is 29.2 Å². The Morgan fingerprint density at radius 2 is 2.22 bits per heavy atom. The zero-order chi connectivity index (χ0) is 16.1. The van der Waals surface area contributed by atoms with Crippen LogP contribution in [0.4, 0.5) is 10.5 Å². The highest BCUT2D eigenvalue weighted by Crippen LogP contribution is 2.18. The number of ether oxygens (including phenoxy) is 2. The van der Waals surface area contributed by atoms with Crippen LogP contribution >= 0.6 is 0 Å². The molecule has 0 bridgehead atoms. The summed E-state index contributed by atoms with van der Waals surface area (Å²) in [7, 11) is 1.62. The molecule has 1 unspecified atom stereocenters. The first-order valence-corrected chi connectivity index (χ1v) is 8.28. The van der Waals surface area contributed by atoms with Crippen LogP contribution in [-0.4, -0.2) is 68.4 Å². The van der Waals surface area contributed by atoms with Crippen LogP contribution in [0.25, 0.3) is 0 Å². The monoisotopic (exact) mass is 319 g/mol. The number of nitrogens with zero attached hydrogens (tertiary/aromatic N) is 2. The lowest BCUT2D eigenvalue weighted by molar-refractivity contribution is 0.146. The Balaban J connectivity index is 1.55. The van der Waals surface area contributed by atoms with E-state index in [0.717, 1.165) is 63.7 Å². The first kappa shape index (κ1) is 16.1. The molecule has 0 spiro atoms. The first-order chi connectivity index (χ1) is 11.3. The first-order valence-electron chi connectivity index (χ1n) is 8.28. The fourth-order valence-corrected chi connectivity index (χ4v) is 3.22. The molecule has 126 valence electrons. The minimum absolute atomic E-state index is 0.0391. The third kappa shape index (κ3) is 4.14. The largest absolute Gasteiger partial charge is 0.497 e. The summed E-state index contributed by atoms with van der Waals surface area (Å²) in [5.74, 6) is 0.742. The van der Waals surface area contributed by atoms with Gasteiger partial charge in [0.05, 0.1) is 13.7 Å². The van der Waals surface area contributed by atoms with Crippen molar-refractivity contribution in [1.82, 2.24) is 9.80 Å². The van der Waals surface area contributed by atoms with Crippen LogP contribution < -0.4 is 10.1 Å². The maximum Gasteiger partial charge on any atom is 0.321 e. The molecule has 0 radical (unpaired) electrons. The number of amides is 2. The highest BCUT2D eigenvalue weighted by atomic mass is 16.5. The Morgan fingerprint density at radius 1 is 1.30 bits per heavy atom. The fourth-order valence-electron chi connectivity index (χ4n) is 3.22. The van der Waals surface area contributed by atoms with Gasteiger partial charge in [-0.25, -0.2) is 4.79 Å². The van der Waals surface area contributed by atoms with Crippen LogP contribution in [0.2, 0.25) is 0 Å². The predicted octanol–water partition coefficient (Wildman–Crippen LogP) is 2.02. The third-order valence-corrected chi connectivity index (χ3v) is 4.56. The van der Waals surface area contributed by atoms with E-state index in [2.05, 4.69) is 10.2 Å². The molecule has 1 aromatic carbocycles. The Labute approximate surface area is 137 Å². The van der Waals surface area contributed by atoms with Crippen molar-refractivity contribution in [3.05, 3.63) is 24.3 Å². The number of hydrogen-bond acceptors (Lipinski definition) is 4. The molecule has 2 saturated heterocycles. The topological polar surface area (TPSA) is 54.0 Å². The van der Waals surface area contributed by atoms with Gasteiger partial charge in [0.1, 0.15) is 5.75 Å². The molecule has 2 amide bonds. The predicted molar refractivity (Wildman–Crippen MR) is 89.0 cm³/mol. The molecule has 1 N–H and O–H groups in total. The van der Waals surface area contributed by atoms with E-state index < -0.39 is 0 Å². The number of methoxy groups -OCH3 is 1. The minimum Gasteiger partial charge on any atom is -0.497 e. The third-order valence-electron chi connectivity index (χ3n) is 4.56. The quantitative estimate of drug-likeness (QED) is 0.926. The Bertz CT molecular complexity index is 532. The van der Waals surface area contributed by atoms with E-state index in [4.69, 9.17) is 9.47 Å². The van der Waals surface area contributed by atoms with Crippen molar-refractivity contribution in [3.63, 3.8) is 0 Å². The van der Waals surface area contributed by atoms with Gasteiger partial charge in [-0.1, -0.05) is 6.07 Å². The molecule has 2 aliphatic rings. The maximum absolute atomic E-state index is 12.5. The summed E-state index contributed by atoms with van der Waals surface area (Å²) < 4.78 is 10.7. The number of urea groups is 1. The summed E-state index contributed by atoms with van der Waals surface area (Å²) in [4.78, 5) is 16.8. The number of nitrogens with one attached hydrogen (secondary N) is 1. The molecule has 2 fully saturated rings. The van der Waals surface area contributed by atoms with Gasteiger partial charge in [0.2, 0.25) is 0 Å². The van der Waals surface area contributed by atoms with Crippen LogP contribution in [-0.2, 0) is 4.74 Å². The molecule has 1 aromatic rings. The molecule has 23 heavy (non-hydrogen) atoms. The second-order valence-electron chi connectivity index (χ2n) is 6.06. The lowest BCUT2D eigenvalue weighted by Gasteiger charge is -2.26. The average molecular weight is 319 g/mol. The van der Waals surface area contributed by atoms with Crippen LogP contribution in [0.3, 0.4) is 0 Å². The van der Waals surface area contributed by atoms with E-state index in [0.29, 0.717) is 6.04 Å². The van der Waals surface area contributed by atoms with Crippen molar-refractivity contribution >= 4 is 11.7 Å². The second kappa shape index (κ2) is 7.66. The maximum atomic E-state index is 12.5. The Kier molecular flexibility index (Phi) is 5.35. The van der Waals surface area contributed by atoms with Crippen molar-refractivity contribution in [3.8, 4) is 5.75 Å². The van der Waals surface area contributed by atoms with Gasteiger partial charge in [-0.05, 0) is 25.0 Å². The van der Waals surface area contributed by atoms with Gasteiger partial charge in [0.25, 0.3) is 0 Å². The lowest BCUT2D eigenvalue weighted by Crippen LogP contribution is -2.41. The molecule has 3 rings (SSSR count). The minimum atomic E-state index is -0.0391. The molecule has 0 aromatic heterocycles. The van der Waals surface area contributed by atoms with Crippen molar-refractivity contribution in [2.45, 2.75) is 18.9 Å². The molecule has 0 aliphatic carbocycles. The smallest absolute Gasteiger partial charge is 0.321 e. The highest BCUT2D eigenvalue weighted by molar-refractivity contribution is 5.89. The number of rotatable bonds is 3. The molecular weight excluding hydrogens is 294 g/mol.